The van der Waals surface area contributed by atoms with Gasteiger partial charge in [-0.2, -0.15) is 5.10 Å². The maximum Gasteiger partial charge on any atom is 0.0659 e. The van der Waals surface area contributed by atoms with Gasteiger partial charge < -0.3 is 10.8 Å². The van der Waals surface area contributed by atoms with Crippen LogP contribution in [0.2, 0.25) is 0 Å². The first-order valence-corrected chi connectivity index (χ1v) is 7.25. The van der Waals surface area contributed by atoms with Gasteiger partial charge in [0.1, 0.15) is 0 Å². The van der Waals surface area contributed by atoms with E-state index in [2.05, 4.69) is 18.9 Å². The van der Waals surface area contributed by atoms with Gasteiger partial charge in [-0.15, -0.1) is 0 Å². The SMILES string of the molecule is Cn1cc(CCC2(CN)CCCC(C)(C)C2O)cn1. The molecule has 4 nitrogen and oxygen atoms in total. The Morgan fingerprint density at radius 3 is 2.79 bits per heavy atom. The molecule has 0 saturated heterocycles. The summed E-state index contributed by atoms with van der Waals surface area (Å²) < 4.78 is 1.83. The summed E-state index contributed by atoms with van der Waals surface area (Å²) in [6.07, 6.45) is 8.81. The van der Waals surface area contributed by atoms with E-state index >= 15 is 0 Å². The van der Waals surface area contributed by atoms with Crippen molar-refractivity contribution in [2.75, 3.05) is 6.54 Å². The minimum Gasteiger partial charge on any atom is -0.392 e. The standard InChI is InChI=1S/C15H27N3O/c1-14(2)6-4-7-15(11-16,13(14)19)8-5-12-9-17-18(3)10-12/h9-10,13,19H,4-8,11,16H2,1-3H3. The molecule has 2 unspecified atom stereocenters. The number of hydrogen-bond donors (Lipinski definition) is 2. The van der Waals surface area contributed by atoms with Gasteiger partial charge in [-0.3, -0.25) is 4.68 Å². The van der Waals surface area contributed by atoms with Crippen molar-refractivity contribution in [2.45, 2.75) is 52.1 Å². The van der Waals surface area contributed by atoms with Gasteiger partial charge in [-0.25, -0.2) is 0 Å². The van der Waals surface area contributed by atoms with E-state index in [-0.39, 0.29) is 16.9 Å². The van der Waals surface area contributed by atoms with Crippen molar-refractivity contribution < 1.29 is 5.11 Å². The fourth-order valence-electron chi connectivity index (χ4n) is 3.57. The third-order valence-corrected chi connectivity index (χ3v) is 4.89. The zero-order valence-electron chi connectivity index (χ0n) is 12.4. The van der Waals surface area contributed by atoms with Gasteiger partial charge in [0.25, 0.3) is 0 Å². The quantitative estimate of drug-likeness (QED) is 0.873. The molecule has 0 aliphatic heterocycles. The fourth-order valence-corrected chi connectivity index (χ4v) is 3.57. The van der Waals surface area contributed by atoms with E-state index in [0.717, 1.165) is 32.1 Å². The van der Waals surface area contributed by atoms with Gasteiger partial charge >= 0.3 is 0 Å². The molecule has 4 heteroatoms. The van der Waals surface area contributed by atoms with Crippen LogP contribution in [0.3, 0.4) is 0 Å². The van der Waals surface area contributed by atoms with Crippen molar-refractivity contribution in [2.24, 2.45) is 23.6 Å². The van der Waals surface area contributed by atoms with Crippen LogP contribution in [-0.4, -0.2) is 27.5 Å². The van der Waals surface area contributed by atoms with Gasteiger partial charge in [-0.1, -0.05) is 20.3 Å². The minimum absolute atomic E-state index is 0.0213. The number of aryl methyl sites for hydroxylation is 2. The van der Waals surface area contributed by atoms with Crippen molar-refractivity contribution in [3.8, 4) is 0 Å². The monoisotopic (exact) mass is 265 g/mol. The summed E-state index contributed by atoms with van der Waals surface area (Å²) in [5, 5.41) is 14.9. The third-order valence-electron chi connectivity index (χ3n) is 4.89. The molecule has 1 saturated carbocycles. The molecule has 2 rings (SSSR count). The molecule has 1 fully saturated rings. The molecule has 0 spiro atoms. The summed E-state index contributed by atoms with van der Waals surface area (Å²) in [5.74, 6) is 0. The summed E-state index contributed by atoms with van der Waals surface area (Å²) in [6, 6.07) is 0. The van der Waals surface area contributed by atoms with Crippen LogP contribution in [0.4, 0.5) is 0 Å². The van der Waals surface area contributed by atoms with Crippen LogP contribution >= 0.6 is 0 Å². The molecule has 0 radical (unpaired) electrons. The normalized spacial score (nSPS) is 30.5. The Balaban J connectivity index is 2.09. The Morgan fingerprint density at radius 2 is 2.21 bits per heavy atom. The molecule has 0 bridgehead atoms. The predicted octanol–water partition coefficient (Wildman–Crippen LogP) is 1.87. The van der Waals surface area contributed by atoms with E-state index in [1.165, 1.54) is 5.56 Å². The lowest BCUT2D eigenvalue weighted by Crippen LogP contribution is -2.52. The smallest absolute Gasteiger partial charge is 0.0659 e. The second-order valence-electron chi connectivity index (χ2n) is 6.83. The van der Waals surface area contributed by atoms with E-state index in [0.29, 0.717) is 6.54 Å². The Morgan fingerprint density at radius 1 is 1.47 bits per heavy atom. The maximum absolute atomic E-state index is 10.7. The third kappa shape index (κ3) is 2.84. The van der Waals surface area contributed by atoms with E-state index in [9.17, 15) is 5.11 Å². The lowest BCUT2D eigenvalue weighted by atomic mass is 9.59. The molecule has 0 aromatic carbocycles. The highest BCUT2D eigenvalue weighted by Crippen LogP contribution is 2.48. The molecule has 1 aromatic rings. The van der Waals surface area contributed by atoms with Crippen molar-refractivity contribution >= 4 is 0 Å². The van der Waals surface area contributed by atoms with E-state index in [1.54, 1.807) is 0 Å². The predicted molar refractivity (Wildman–Crippen MR) is 76.7 cm³/mol. The largest absolute Gasteiger partial charge is 0.392 e. The van der Waals surface area contributed by atoms with Crippen LogP contribution in [0.5, 0.6) is 0 Å². The lowest BCUT2D eigenvalue weighted by Gasteiger charge is -2.49. The topological polar surface area (TPSA) is 64.1 Å². The average Bonchev–Trinajstić information content (AvgIpc) is 2.78. The molecule has 1 aliphatic rings. The molecule has 1 aliphatic carbocycles. The van der Waals surface area contributed by atoms with Crippen molar-refractivity contribution in [1.82, 2.24) is 9.78 Å². The Bertz CT molecular complexity index is 427. The molecule has 1 aromatic heterocycles. The molecule has 2 atom stereocenters. The highest BCUT2D eigenvalue weighted by molar-refractivity contribution is 5.07. The van der Waals surface area contributed by atoms with Gasteiger partial charge in [0.2, 0.25) is 0 Å². The fraction of sp³-hybridized carbons (Fsp3) is 0.800. The maximum atomic E-state index is 10.7. The van der Waals surface area contributed by atoms with E-state index in [4.69, 9.17) is 5.73 Å². The number of rotatable bonds is 4. The highest BCUT2D eigenvalue weighted by Gasteiger charge is 2.47. The Hall–Kier alpha value is -0.870. The molecule has 0 amide bonds. The molecule has 1 heterocycles. The summed E-state index contributed by atoms with van der Waals surface area (Å²) in [4.78, 5) is 0. The van der Waals surface area contributed by atoms with Crippen LogP contribution in [0.1, 0.15) is 45.1 Å². The number of hydrogen-bond acceptors (Lipinski definition) is 3. The van der Waals surface area contributed by atoms with Crippen LogP contribution in [0.25, 0.3) is 0 Å². The van der Waals surface area contributed by atoms with E-state index < -0.39 is 0 Å². The van der Waals surface area contributed by atoms with Crippen LogP contribution in [0.15, 0.2) is 12.4 Å². The summed E-state index contributed by atoms with van der Waals surface area (Å²) >= 11 is 0. The molecular formula is C15H27N3O. The Kier molecular flexibility index (Phi) is 4.02. The van der Waals surface area contributed by atoms with Crippen LogP contribution in [-0.2, 0) is 13.5 Å². The van der Waals surface area contributed by atoms with E-state index in [1.807, 2.05) is 24.1 Å². The average molecular weight is 265 g/mol. The first-order valence-electron chi connectivity index (χ1n) is 7.25. The number of aliphatic hydroxyl groups is 1. The van der Waals surface area contributed by atoms with Gasteiger partial charge in [0, 0.05) is 25.2 Å². The van der Waals surface area contributed by atoms with Gasteiger partial charge in [-0.05, 0) is 36.7 Å². The van der Waals surface area contributed by atoms with Crippen molar-refractivity contribution in [3.05, 3.63) is 18.0 Å². The zero-order chi connectivity index (χ0) is 14.1. The van der Waals surface area contributed by atoms with Crippen LogP contribution < -0.4 is 5.73 Å². The first-order chi connectivity index (χ1) is 8.89. The second-order valence-corrected chi connectivity index (χ2v) is 6.83. The number of nitrogens with zero attached hydrogens (tertiary/aromatic N) is 2. The first kappa shape index (κ1) is 14.5. The Labute approximate surface area is 116 Å². The lowest BCUT2D eigenvalue weighted by molar-refractivity contribution is -0.0923. The molecule has 108 valence electrons. The highest BCUT2D eigenvalue weighted by atomic mass is 16.3. The minimum atomic E-state index is -0.310. The van der Waals surface area contributed by atoms with Crippen molar-refractivity contribution in [1.29, 1.82) is 0 Å². The molecule has 19 heavy (non-hydrogen) atoms. The van der Waals surface area contributed by atoms with Gasteiger partial charge in [0.05, 0.1) is 12.3 Å². The van der Waals surface area contributed by atoms with Crippen molar-refractivity contribution in [3.63, 3.8) is 0 Å². The molecular weight excluding hydrogens is 238 g/mol. The number of nitrogens with two attached hydrogens (primary N) is 1. The summed E-state index contributed by atoms with van der Waals surface area (Å²) in [7, 11) is 1.93. The number of aromatic nitrogens is 2. The second kappa shape index (κ2) is 5.25. The zero-order valence-corrected chi connectivity index (χ0v) is 12.4. The number of aliphatic hydroxyl groups excluding tert-OH is 1. The molecule has 3 N–H and O–H groups in total. The van der Waals surface area contributed by atoms with Gasteiger partial charge in [0.15, 0.2) is 0 Å². The summed E-state index contributed by atoms with van der Waals surface area (Å²) in [6.45, 7) is 4.88. The van der Waals surface area contributed by atoms with Crippen LogP contribution in [0, 0.1) is 10.8 Å². The summed E-state index contributed by atoms with van der Waals surface area (Å²) in [5.41, 5.74) is 7.12.